The van der Waals surface area contributed by atoms with Crippen molar-refractivity contribution in [1.29, 1.82) is 10.5 Å². The van der Waals surface area contributed by atoms with Gasteiger partial charge in [-0.1, -0.05) is 6.08 Å². The fraction of sp³-hybridized carbons (Fsp3) is 0.167. The average molecular weight is 105 g/mol. The molecule has 0 aromatic rings. The Hall–Kier alpha value is -1.28. The molecule has 0 aromatic carbocycles. The molecule has 0 aliphatic heterocycles. The van der Waals surface area contributed by atoms with E-state index in [4.69, 9.17) is 10.5 Å². The largest absolute Gasteiger partial charge is 0.192 e. The van der Waals surface area contributed by atoms with Gasteiger partial charge in [-0.2, -0.15) is 10.5 Å². The molecule has 1 radical (unpaired) electrons. The molecule has 39 valence electrons. The highest BCUT2D eigenvalue weighted by Gasteiger charge is 1.84. The average Bonchev–Trinajstić information content (AvgIpc) is 1.83. The molecule has 0 saturated heterocycles. The van der Waals surface area contributed by atoms with E-state index in [1.165, 1.54) is 6.08 Å². The van der Waals surface area contributed by atoms with E-state index in [0.29, 0.717) is 6.42 Å². The molecule has 0 rings (SSSR count). The molecule has 0 spiro atoms. The van der Waals surface area contributed by atoms with E-state index in [1.54, 1.807) is 12.1 Å². The van der Waals surface area contributed by atoms with Gasteiger partial charge in [0.1, 0.15) is 17.7 Å². The lowest BCUT2D eigenvalue weighted by molar-refractivity contribution is 1.36. The van der Waals surface area contributed by atoms with Crippen LogP contribution in [-0.4, -0.2) is 0 Å². The van der Waals surface area contributed by atoms with E-state index >= 15 is 0 Å². The van der Waals surface area contributed by atoms with Crippen molar-refractivity contribution < 1.29 is 0 Å². The molecule has 0 aromatic heterocycles. The Labute approximate surface area is 48.7 Å². The highest BCUT2D eigenvalue weighted by molar-refractivity contribution is 5.34. The quantitative estimate of drug-likeness (QED) is 0.470. The van der Waals surface area contributed by atoms with Gasteiger partial charge in [-0.15, -0.1) is 0 Å². The number of nitrogens with zero attached hydrogens (tertiary/aromatic N) is 2. The minimum atomic E-state index is 0.139. The zero-order chi connectivity index (χ0) is 6.41. The Bertz CT molecular complexity index is 150. The molecule has 2 heteroatoms. The molecule has 0 aliphatic carbocycles. The van der Waals surface area contributed by atoms with Gasteiger partial charge in [-0.25, -0.2) is 0 Å². The minimum absolute atomic E-state index is 0.139. The molecule has 0 unspecified atom stereocenters. The van der Waals surface area contributed by atoms with Gasteiger partial charge < -0.3 is 0 Å². The van der Waals surface area contributed by atoms with Crippen LogP contribution in [0.4, 0.5) is 0 Å². The molecule has 0 N–H and O–H groups in total. The van der Waals surface area contributed by atoms with Crippen LogP contribution >= 0.6 is 0 Å². The SMILES string of the molecule is [CH2]CC=C(C#N)C#N. The predicted molar refractivity (Wildman–Crippen MR) is 29.3 cm³/mol. The van der Waals surface area contributed by atoms with Crippen molar-refractivity contribution in [2.75, 3.05) is 0 Å². The van der Waals surface area contributed by atoms with Gasteiger partial charge >= 0.3 is 0 Å². The van der Waals surface area contributed by atoms with Crippen LogP contribution in [0, 0.1) is 29.6 Å². The van der Waals surface area contributed by atoms with Gasteiger partial charge in [0.2, 0.25) is 0 Å². The molecule has 0 bridgehead atoms. The summed E-state index contributed by atoms with van der Waals surface area (Å²) in [5.41, 5.74) is 0.139. The molecular formula is C6H5N2. The Balaban J connectivity index is 3.99. The molecule has 0 heterocycles. The van der Waals surface area contributed by atoms with Gasteiger partial charge in [-0.05, 0) is 13.3 Å². The third-order valence-corrected chi connectivity index (χ3v) is 0.589. The lowest BCUT2D eigenvalue weighted by Gasteiger charge is -1.74. The first-order valence-corrected chi connectivity index (χ1v) is 2.14. The van der Waals surface area contributed by atoms with Crippen molar-refractivity contribution in [2.45, 2.75) is 6.42 Å². The summed E-state index contributed by atoms with van der Waals surface area (Å²) in [7, 11) is 0. The first kappa shape index (κ1) is 6.72. The monoisotopic (exact) mass is 105 g/mol. The van der Waals surface area contributed by atoms with Crippen LogP contribution in [-0.2, 0) is 0 Å². The van der Waals surface area contributed by atoms with E-state index in [2.05, 4.69) is 6.92 Å². The summed E-state index contributed by atoms with van der Waals surface area (Å²) in [6, 6.07) is 3.43. The molecule has 8 heavy (non-hydrogen) atoms. The van der Waals surface area contributed by atoms with Crippen molar-refractivity contribution in [1.82, 2.24) is 0 Å². The lowest BCUT2D eigenvalue weighted by Crippen LogP contribution is -1.68. The molecule has 0 atom stereocenters. The Morgan fingerprint density at radius 2 is 2.00 bits per heavy atom. The van der Waals surface area contributed by atoms with Crippen LogP contribution in [0.5, 0.6) is 0 Å². The molecular weight excluding hydrogens is 100 g/mol. The summed E-state index contributed by atoms with van der Waals surface area (Å²) in [6.45, 7) is 3.44. The number of rotatable bonds is 1. The normalized spacial score (nSPS) is 6.38. The van der Waals surface area contributed by atoms with Crippen LogP contribution < -0.4 is 0 Å². The molecule has 2 nitrogen and oxygen atoms in total. The van der Waals surface area contributed by atoms with Crippen molar-refractivity contribution in [3.63, 3.8) is 0 Å². The summed E-state index contributed by atoms with van der Waals surface area (Å²) in [5, 5.41) is 16.2. The minimum Gasteiger partial charge on any atom is -0.192 e. The van der Waals surface area contributed by atoms with Gasteiger partial charge in [0.15, 0.2) is 0 Å². The number of hydrogen-bond acceptors (Lipinski definition) is 2. The van der Waals surface area contributed by atoms with E-state index < -0.39 is 0 Å². The topological polar surface area (TPSA) is 47.6 Å². The van der Waals surface area contributed by atoms with Crippen molar-refractivity contribution in [3.8, 4) is 12.1 Å². The zero-order valence-electron chi connectivity index (χ0n) is 4.39. The molecule has 0 saturated carbocycles. The summed E-state index contributed by atoms with van der Waals surface area (Å²) in [6.07, 6.45) is 1.98. The number of hydrogen-bond donors (Lipinski definition) is 0. The first-order valence-electron chi connectivity index (χ1n) is 2.14. The van der Waals surface area contributed by atoms with E-state index in [0.717, 1.165) is 0 Å². The summed E-state index contributed by atoms with van der Waals surface area (Å²) >= 11 is 0. The van der Waals surface area contributed by atoms with Crippen molar-refractivity contribution >= 4 is 0 Å². The van der Waals surface area contributed by atoms with Crippen LogP contribution in [0.25, 0.3) is 0 Å². The summed E-state index contributed by atoms with van der Waals surface area (Å²) in [5.74, 6) is 0. The standard InChI is InChI=1S/C6H5N2/c1-2-3-6(4-7)5-8/h3H,1-2H2. The third-order valence-electron chi connectivity index (χ3n) is 0.589. The number of allylic oxidation sites excluding steroid dienone is 2. The van der Waals surface area contributed by atoms with Gasteiger partial charge in [0, 0.05) is 0 Å². The summed E-state index contributed by atoms with van der Waals surface area (Å²) in [4.78, 5) is 0. The van der Waals surface area contributed by atoms with Crippen LogP contribution in [0.3, 0.4) is 0 Å². The summed E-state index contributed by atoms with van der Waals surface area (Å²) < 4.78 is 0. The maximum atomic E-state index is 8.09. The first-order chi connectivity index (χ1) is 3.85. The molecule has 0 amide bonds. The fourth-order valence-electron chi connectivity index (χ4n) is 0.261. The van der Waals surface area contributed by atoms with E-state index in [1.807, 2.05) is 0 Å². The van der Waals surface area contributed by atoms with Gasteiger partial charge in [-0.3, -0.25) is 0 Å². The fourth-order valence-corrected chi connectivity index (χ4v) is 0.261. The maximum absolute atomic E-state index is 8.09. The van der Waals surface area contributed by atoms with E-state index in [9.17, 15) is 0 Å². The maximum Gasteiger partial charge on any atom is 0.125 e. The van der Waals surface area contributed by atoms with Crippen LogP contribution in [0.15, 0.2) is 11.6 Å². The Morgan fingerprint density at radius 3 is 2.12 bits per heavy atom. The zero-order valence-corrected chi connectivity index (χ0v) is 4.39. The van der Waals surface area contributed by atoms with E-state index in [-0.39, 0.29) is 5.57 Å². The molecule has 0 aliphatic rings. The Kier molecular flexibility index (Phi) is 3.27. The van der Waals surface area contributed by atoms with Crippen LogP contribution in [0.2, 0.25) is 0 Å². The predicted octanol–water partition coefficient (Wildman–Crippen LogP) is 1.18. The second-order valence-corrected chi connectivity index (χ2v) is 1.13. The van der Waals surface area contributed by atoms with Crippen LogP contribution in [0.1, 0.15) is 6.42 Å². The smallest absolute Gasteiger partial charge is 0.125 e. The highest BCUT2D eigenvalue weighted by Crippen LogP contribution is 1.89. The second kappa shape index (κ2) is 3.89. The lowest BCUT2D eigenvalue weighted by atomic mass is 10.3. The second-order valence-electron chi connectivity index (χ2n) is 1.13. The van der Waals surface area contributed by atoms with Gasteiger partial charge in [0.05, 0.1) is 0 Å². The Morgan fingerprint density at radius 1 is 1.50 bits per heavy atom. The highest BCUT2D eigenvalue weighted by atomic mass is 14.3. The number of nitriles is 2. The van der Waals surface area contributed by atoms with Crippen molar-refractivity contribution in [3.05, 3.63) is 18.6 Å². The van der Waals surface area contributed by atoms with Crippen molar-refractivity contribution in [2.24, 2.45) is 0 Å². The molecule has 0 fully saturated rings. The van der Waals surface area contributed by atoms with Gasteiger partial charge in [0.25, 0.3) is 0 Å². The third kappa shape index (κ3) is 2.00.